The topological polar surface area (TPSA) is 24.9 Å². The van der Waals surface area contributed by atoms with Crippen LogP contribution in [0.25, 0.3) is 5.70 Å². The van der Waals surface area contributed by atoms with Crippen molar-refractivity contribution in [3.63, 3.8) is 0 Å². The van der Waals surface area contributed by atoms with Crippen LogP contribution in [0.4, 0.5) is 0 Å². The molecule has 0 aromatic carbocycles. The average molecular weight is 258 g/mol. The number of rotatable bonds is 5. The first-order valence-electron chi connectivity index (χ1n) is 7.57. The molecule has 2 rings (SSSR count). The molecule has 104 valence electrons. The van der Waals surface area contributed by atoms with E-state index in [0.29, 0.717) is 6.04 Å². The first-order valence-corrected chi connectivity index (χ1v) is 7.57. The minimum absolute atomic E-state index is 0.583. The summed E-state index contributed by atoms with van der Waals surface area (Å²) >= 11 is 0. The fourth-order valence-electron chi connectivity index (χ4n) is 3.11. The lowest BCUT2D eigenvalue weighted by atomic mass is 9.83. The summed E-state index contributed by atoms with van der Waals surface area (Å²) < 4.78 is 0. The summed E-state index contributed by atoms with van der Waals surface area (Å²) in [6.07, 6.45) is 9.84. The van der Waals surface area contributed by atoms with Crippen molar-refractivity contribution in [1.82, 2.24) is 10.3 Å². The maximum atomic E-state index is 4.40. The quantitative estimate of drug-likeness (QED) is 0.851. The Morgan fingerprint density at radius 3 is 3.05 bits per heavy atom. The molecule has 0 amide bonds. The van der Waals surface area contributed by atoms with E-state index in [4.69, 9.17) is 0 Å². The molecule has 0 bridgehead atoms. The van der Waals surface area contributed by atoms with Crippen LogP contribution in [0.2, 0.25) is 0 Å². The van der Waals surface area contributed by atoms with Crippen LogP contribution < -0.4 is 5.32 Å². The van der Waals surface area contributed by atoms with Gasteiger partial charge in [0.1, 0.15) is 0 Å². The minimum Gasteiger partial charge on any atom is -0.381 e. The first kappa shape index (κ1) is 14.1. The van der Waals surface area contributed by atoms with Crippen LogP contribution in [0.5, 0.6) is 0 Å². The van der Waals surface area contributed by atoms with Gasteiger partial charge in [-0.3, -0.25) is 4.98 Å². The van der Waals surface area contributed by atoms with E-state index >= 15 is 0 Å². The lowest BCUT2D eigenvalue weighted by Gasteiger charge is -2.30. The van der Waals surface area contributed by atoms with Crippen LogP contribution in [0.15, 0.2) is 24.9 Å². The zero-order valence-corrected chi connectivity index (χ0v) is 12.3. The predicted molar refractivity (Wildman–Crippen MR) is 81.8 cm³/mol. The van der Waals surface area contributed by atoms with E-state index in [1.165, 1.54) is 44.1 Å². The molecule has 2 atom stereocenters. The second-order valence-electron chi connectivity index (χ2n) is 5.86. The number of hydrogen-bond donors (Lipinski definition) is 1. The molecule has 1 aliphatic carbocycles. The smallest absolute Gasteiger partial charge is 0.0857 e. The molecule has 1 aromatic heterocycles. The van der Waals surface area contributed by atoms with E-state index in [9.17, 15) is 0 Å². The Kier molecular flexibility index (Phi) is 5.00. The fraction of sp³-hybridized carbons (Fsp3) is 0.588. The van der Waals surface area contributed by atoms with Gasteiger partial charge in [0.2, 0.25) is 0 Å². The molecule has 0 saturated heterocycles. The second-order valence-corrected chi connectivity index (χ2v) is 5.86. The number of hydrogen-bond acceptors (Lipinski definition) is 2. The van der Waals surface area contributed by atoms with Crippen molar-refractivity contribution in [2.24, 2.45) is 5.92 Å². The summed E-state index contributed by atoms with van der Waals surface area (Å²) in [4.78, 5) is 4.40. The summed E-state index contributed by atoms with van der Waals surface area (Å²) in [5.74, 6) is 0.898. The van der Waals surface area contributed by atoms with E-state index in [-0.39, 0.29) is 0 Å². The molecule has 0 aliphatic heterocycles. The zero-order chi connectivity index (χ0) is 13.7. The van der Waals surface area contributed by atoms with Crippen LogP contribution in [-0.2, 0) is 0 Å². The molecule has 1 saturated carbocycles. The molecule has 1 heterocycles. The average Bonchev–Trinajstić information content (AvgIpc) is 2.39. The summed E-state index contributed by atoms with van der Waals surface area (Å²) in [5, 5.41) is 3.59. The van der Waals surface area contributed by atoms with Crippen molar-refractivity contribution < 1.29 is 0 Å². The Morgan fingerprint density at radius 2 is 2.32 bits per heavy atom. The van der Waals surface area contributed by atoms with Crippen LogP contribution >= 0.6 is 0 Å². The van der Waals surface area contributed by atoms with Crippen molar-refractivity contribution in [1.29, 1.82) is 0 Å². The molecule has 19 heavy (non-hydrogen) atoms. The highest BCUT2D eigenvalue weighted by Gasteiger charge is 2.21. The van der Waals surface area contributed by atoms with Crippen molar-refractivity contribution in [3.05, 3.63) is 36.2 Å². The summed E-state index contributed by atoms with van der Waals surface area (Å²) in [5.41, 5.74) is 3.20. The van der Waals surface area contributed by atoms with E-state index < -0.39 is 0 Å². The Balaban J connectivity index is 1.91. The van der Waals surface area contributed by atoms with Crippen molar-refractivity contribution in [2.75, 3.05) is 0 Å². The summed E-state index contributed by atoms with van der Waals surface area (Å²) in [6.45, 7) is 8.54. The van der Waals surface area contributed by atoms with Crippen LogP contribution in [-0.4, -0.2) is 11.0 Å². The highest BCUT2D eigenvalue weighted by atomic mass is 14.9. The van der Waals surface area contributed by atoms with Gasteiger partial charge in [-0.05, 0) is 43.4 Å². The highest BCUT2D eigenvalue weighted by molar-refractivity contribution is 5.58. The summed E-state index contributed by atoms with van der Waals surface area (Å²) in [6, 6.07) is 4.70. The Labute approximate surface area is 117 Å². The third-order valence-electron chi connectivity index (χ3n) is 4.08. The van der Waals surface area contributed by atoms with E-state index in [2.05, 4.69) is 36.8 Å². The van der Waals surface area contributed by atoms with Gasteiger partial charge in [0.05, 0.1) is 11.4 Å². The molecule has 1 aliphatic rings. The monoisotopic (exact) mass is 258 g/mol. The van der Waals surface area contributed by atoms with Gasteiger partial charge in [-0.1, -0.05) is 39.2 Å². The minimum atomic E-state index is 0.583. The Bertz CT molecular complexity index is 423. The van der Waals surface area contributed by atoms with Crippen LogP contribution in [0.1, 0.15) is 56.7 Å². The van der Waals surface area contributed by atoms with Gasteiger partial charge < -0.3 is 5.32 Å². The highest BCUT2D eigenvalue weighted by Crippen LogP contribution is 2.28. The number of nitrogens with one attached hydrogen (secondary N) is 1. The Morgan fingerprint density at radius 1 is 1.47 bits per heavy atom. The lowest BCUT2D eigenvalue weighted by molar-refractivity contribution is 0.288. The van der Waals surface area contributed by atoms with E-state index in [1.807, 2.05) is 12.3 Å². The summed E-state index contributed by atoms with van der Waals surface area (Å²) in [7, 11) is 0. The Hall–Kier alpha value is -1.31. The van der Waals surface area contributed by atoms with Gasteiger partial charge in [0.15, 0.2) is 0 Å². The largest absolute Gasteiger partial charge is 0.381 e. The molecule has 0 radical (unpaired) electrons. The molecular formula is C17H26N2. The maximum absolute atomic E-state index is 4.40. The molecule has 1 N–H and O–H groups in total. The van der Waals surface area contributed by atoms with Gasteiger partial charge in [0.25, 0.3) is 0 Å². The molecule has 1 aromatic rings. The number of aryl methyl sites for hydroxylation is 1. The standard InChI is InChI=1S/C17H26N2/c1-4-6-15-7-5-8-16(12-15)19-14(3)17-11-13(2)9-10-18-17/h9-11,15-16,19H,3-8,12H2,1-2H3. The second kappa shape index (κ2) is 6.74. The molecule has 1 fully saturated rings. The number of nitrogens with zero attached hydrogens (tertiary/aromatic N) is 1. The predicted octanol–water partition coefficient (Wildman–Crippen LogP) is 4.31. The van der Waals surface area contributed by atoms with Crippen LogP contribution in [0, 0.1) is 12.8 Å². The van der Waals surface area contributed by atoms with Gasteiger partial charge in [0, 0.05) is 12.2 Å². The molecule has 2 nitrogen and oxygen atoms in total. The van der Waals surface area contributed by atoms with Gasteiger partial charge in [-0.15, -0.1) is 0 Å². The van der Waals surface area contributed by atoms with Gasteiger partial charge >= 0.3 is 0 Å². The van der Waals surface area contributed by atoms with Crippen molar-refractivity contribution in [2.45, 2.75) is 58.4 Å². The molecular weight excluding hydrogens is 232 g/mol. The first-order chi connectivity index (χ1) is 9.19. The maximum Gasteiger partial charge on any atom is 0.0857 e. The van der Waals surface area contributed by atoms with Crippen molar-refractivity contribution in [3.8, 4) is 0 Å². The normalized spacial score (nSPS) is 23.1. The lowest BCUT2D eigenvalue weighted by Crippen LogP contribution is -2.33. The van der Waals surface area contributed by atoms with Gasteiger partial charge in [-0.25, -0.2) is 0 Å². The number of pyridine rings is 1. The third-order valence-corrected chi connectivity index (χ3v) is 4.08. The zero-order valence-electron chi connectivity index (χ0n) is 12.3. The van der Waals surface area contributed by atoms with E-state index in [1.54, 1.807) is 0 Å². The number of aromatic nitrogens is 1. The molecule has 2 heteroatoms. The molecule has 0 spiro atoms. The van der Waals surface area contributed by atoms with E-state index in [0.717, 1.165) is 17.3 Å². The van der Waals surface area contributed by atoms with Crippen molar-refractivity contribution >= 4 is 5.70 Å². The molecule has 2 unspecified atom stereocenters. The fourth-order valence-corrected chi connectivity index (χ4v) is 3.11. The van der Waals surface area contributed by atoms with Gasteiger partial charge in [-0.2, -0.15) is 0 Å². The van der Waals surface area contributed by atoms with Crippen LogP contribution in [0.3, 0.4) is 0 Å². The third kappa shape index (κ3) is 4.09. The SMILES string of the molecule is C=C(NC1CCCC(CCC)C1)c1cc(C)ccn1.